The predicted octanol–water partition coefficient (Wildman–Crippen LogP) is 2.26. The van der Waals surface area contributed by atoms with E-state index in [0.29, 0.717) is 36.0 Å². The van der Waals surface area contributed by atoms with Crippen LogP contribution in [0, 0.1) is 40.4 Å². The van der Waals surface area contributed by atoms with Crippen molar-refractivity contribution in [1.29, 1.82) is 0 Å². The zero-order valence-electron chi connectivity index (χ0n) is 18.8. The van der Waals surface area contributed by atoms with Crippen LogP contribution in [0.1, 0.15) is 71.6 Å². The minimum atomic E-state index is -0.568. The van der Waals surface area contributed by atoms with Gasteiger partial charge < -0.3 is 10.2 Å². The monoisotopic (exact) mass is 419 g/mol. The Morgan fingerprint density at radius 1 is 1.00 bits per heavy atom. The Morgan fingerprint density at radius 2 is 1.77 bits per heavy atom. The number of nitrogens with one attached hydrogen (secondary N) is 2. The lowest BCUT2D eigenvalue weighted by atomic mass is 9.43. The molecule has 6 nitrogen and oxygen atoms in total. The Bertz CT molecular complexity index is 679. The number of aliphatic hydroxyl groups excluding tert-OH is 1. The molecular weight excluding hydrogens is 378 g/mol. The number of fused-ring (bicyclic) bond motifs is 5. The van der Waals surface area contributed by atoms with E-state index < -0.39 is 5.60 Å². The van der Waals surface area contributed by atoms with E-state index in [1.807, 2.05) is 12.0 Å². The third-order valence-electron chi connectivity index (χ3n) is 10.4. The fourth-order valence-corrected chi connectivity index (χ4v) is 8.89. The molecule has 5 rings (SSSR count). The van der Waals surface area contributed by atoms with Gasteiger partial charge in [0.15, 0.2) is 5.78 Å². The van der Waals surface area contributed by atoms with Gasteiger partial charge in [0.25, 0.3) is 0 Å². The van der Waals surface area contributed by atoms with Crippen LogP contribution >= 0.6 is 0 Å². The highest BCUT2D eigenvalue weighted by Gasteiger charge is 2.62. The maximum absolute atomic E-state index is 13.3. The summed E-state index contributed by atoms with van der Waals surface area (Å²) in [7, 11) is 0. The molecule has 1 saturated heterocycles. The molecule has 8 atom stereocenters. The van der Waals surface area contributed by atoms with Crippen molar-refractivity contribution in [3.63, 3.8) is 0 Å². The Labute approximate surface area is 181 Å². The molecule has 6 heteroatoms. The van der Waals surface area contributed by atoms with Crippen molar-refractivity contribution in [1.82, 2.24) is 16.0 Å². The summed E-state index contributed by atoms with van der Waals surface area (Å²) in [5, 5.41) is 23.2. The molecule has 1 aliphatic heterocycles. The molecule has 0 aromatic rings. The number of hydrogen-bond acceptors (Lipinski definition) is 6. The number of hydrogen-bond donors (Lipinski definition) is 4. The Hall–Kier alpha value is -0.530. The second-order valence-electron chi connectivity index (χ2n) is 11.8. The standard InChI is InChI=1S/C24H41N3O3/c1-22(30)9-10-24(15-28)16(13-22)3-4-17-18-5-6-20(23(18,2)8-7-19(17)24)21(29)14-27-25-11-12-26-27/h16-20,25-26,28,30H,3-15H2,1-2H3/t16-,17-,18-,19-,20+,22+,23-,24+/m0/s1. The Morgan fingerprint density at radius 3 is 2.50 bits per heavy atom. The number of carbonyl (C=O) groups excluding carboxylic acids is 1. The summed E-state index contributed by atoms with van der Waals surface area (Å²) in [5.41, 5.74) is 6.03. The molecule has 4 N–H and O–H groups in total. The molecule has 30 heavy (non-hydrogen) atoms. The quantitative estimate of drug-likeness (QED) is 0.559. The van der Waals surface area contributed by atoms with E-state index in [9.17, 15) is 15.0 Å². The number of rotatable bonds is 4. The van der Waals surface area contributed by atoms with Gasteiger partial charge in [-0.25, -0.2) is 10.9 Å². The molecule has 0 bridgehead atoms. The Kier molecular flexibility index (Phi) is 5.34. The molecule has 0 amide bonds. The van der Waals surface area contributed by atoms with Gasteiger partial charge in [-0.3, -0.25) is 4.79 Å². The summed E-state index contributed by atoms with van der Waals surface area (Å²) >= 11 is 0. The second kappa shape index (κ2) is 7.51. The van der Waals surface area contributed by atoms with Crippen LogP contribution in [0.2, 0.25) is 0 Å². The maximum Gasteiger partial charge on any atom is 0.153 e. The number of carbonyl (C=O) groups is 1. The third kappa shape index (κ3) is 3.21. The molecule has 0 spiro atoms. The van der Waals surface area contributed by atoms with Gasteiger partial charge in [0.2, 0.25) is 0 Å². The molecule has 5 aliphatic rings. The van der Waals surface area contributed by atoms with E-state index in [1.165, 1.54) is 12.8 Å². The van der Waals surface area contributed by atoms with Crippen LogP contribution in [-0.4, -0.2) is 53.0 Å². The van der Waals surface area contributed by atoms with E-state index in [2.05, 4.69) is 17.8 Å². The van der Waals surface area contributed by atoms with Crippen LogP contribution in [0.4, 0.5) is 0 Å². The van der Waals surface area contributed by atoms with Crippen molar-refractivity contribution >= 4 is 5.78 Å². The molecule has 0 radical (unpaired) electrons. The highest BCUT2D eigenvalue weighted by Crippen LogP contribution is 2.68. The van der Waals surface area contributed by atoms with Gasteiger partial charge in [0.05, 0.1) is 12.1 Å². The fraction of sp³-hybridized carbons (Fsp3) is 0.958. The molecule has 0 aromatic heterocycles. The first-order chi connectivity index (χ1) is 14.3. The number of Topliss-reactive ketones (excluding diaryl/α,β-unsaturated/α-hetero) is 1. The third-order valence-corrected chi connectivity index (χ3v) is 10.4. The minimum absolute atomic E-state index is 0.00201. The van der Waals surface area contributed by atoms with Gasteiger partial charge in [-0.1, -0.05) is 6.92 Å². The van der Waals surface area contributed by atoms with Crippen molar-refractivity contribution < 1.29 is 15.0 Å². The molecular formula is C24H41N3O3. The van der Waals surface area contributed by atoms with Crippen LogP contribution in [0.3, 0.4) is 0 Å². The summed E-state index contributed by atoms with van der Waals surface area (Å²) in [5.74, 6) is 2.81. The SMILES string of the molecule is C[C@@]1(O)CC[C@@]2(CO)[C@@H](CC[C@H]3[C@@H]4CC[C@H](C(=O)CN5NCCN5)[C@@]4(C)CC[C@@H]32)C1. The van der Waals surface area contributed by atoms with E-state index in [0.717, 1.165) is 58.0 Å². The largest absolute Gasteiger partial charge is 0.396 e. The topological polar surface area (TPSA) is 84.8 Å². The van der Waals surface area contributed by atoms with Gasteiger partial charge in [-0.15, -0.1) is 0 Å². The van der Waals surface area contributed by atoms with Crippen molar-refractivity contribution in [2.75, 3.05) is 26.2 Å². The van der Waals surface area contributed by atoms with E-state index in [-0.39, 0.29) is 23.4 Å². The molecule has 170 valence electrons. The zero-order chi connectivity index (χ0) is 21.1. The average molecular weight is 420 g/mol. The lowest BCUT2D eigenvalue weighted by Gasteiger charge is -2.62. The summed E-state index contributed by atoms with van der Waals surface area (Å²) in [6, 6.07) is 0. The van der Waals surface area contributed by atoms with E-state index in [1.54, 1.807) is 0 Å². The summed E-state index contributed by atoms with van der Waals surface area (Å²) in [6.45, 7) is 6.89. The first-order valence-corrected chi connectivity index (χ1v) is 12.4. The van der Waals surface area contributed by atoms with Gasteiger partial charge in [-0.05, 0) is 99.2 Å². The minimum Gasteiger partial charge on any atom is -0.396 e. The predicted molar refractivity (Wildman–Crippen MR) is 115 cm³/mol. The van der Waals surface area contributed by atoms with Crippen LogP contribution in [-0.2, 0) is 4.79 Å². The number of nitrogens with zero attached hydrogens (tertiary/aromatic N) is 1. The molecule has 1 heterocycles. The Balaban J connectivity index is 1.35. The molecule has 5 fully saturated rings. The highest BCUT2D eigenvalue weighted by atomic mass is 16.3. The highest BCUT2D eigenvalue weighted by molar-refractivity contribution is 5.84. The number of hydrazine groups is 2. The lowest BCUT2D eigenvalue weighted by Crippen LogP contribution is -2.58. The van der Waals surface area contributed by atoms with Crippen molar-refractivity contribution in [2.24, 2.45) is 40.4 Å². The number of ketones is 1. The van der Waals surface area contributed by atoms with Crippen LogP contribution in [0.15, 0.2) is 0 Å². The fourth-order valence-electron chi connectivity index (χ4n) is 8.89. The van der Waals surface area contributed by atoms with E-state index >= 15 is 0 Å². The van der Waals surface area contributed by atoms with Crippen LogP contribution < -0.4 is 10.9 Å². The molecule has 0 aromatic carbocycles. The average Bonchev–Trinajstić information content (AvgIpc) is 3.34. The lowest BCUT2D eigenvalue weighted by molar-refractivity contribution is -0.171. The molecule has 0 unspecified atom stereocenters. The molecule has 4 aliphatic carbocycles. The first-order valence-electron chi connectivity index (χ1n) is 12.4. The van der Waals surface area contributed by atoms with Gasteiger partial charge >= 0.3 is 0 Å². The van der Waals surface area contributed by atoms with Crippen molar-refractivity contribution in [2.45, 2.75) is 77.2 Å². The van der Waals surface area contributed by atoms with Gasteiger partial charge in [0.1, 0.15) is 0 Å². The van der Waals surface area contributed by atoms with E-state index in [4.69, 9.17) is 0 Å². The van der Waals surface area contributed by atoms with Crippen LogP contribution in [0.25, 0.3) is 0 Å². The summed E-state index contributed by atoms with van der Waals surface area (Å²) in [4.78, 5) is 13.3. The smallest absolute Gasteiger partial charge is 0.153 e. The zero-order valence-corrected chi connectivity index (χ0v) is 18.8. The maximum atomic E-state index is 13.3. The molecule has 4 saturated carbocycles. The van der Waals surface area contributed by atoms with Gasteiger partial charge in [0, 0.05) is 25.6 Å². The summed E-state index contributed by atoms with van der Waals surface area (Å²) < 4.78 is 0. The normalized spacial score (nSPS) is 51.3. The number of aliphatic hydroxyl groups is 2. The van der Waals surface area contributed by atoms with Crippen molar-refractivity contribution in [3.05, 3.63) is 0 Å². The summed E-state index contributed by atoms with van der Waals surface area (Å²) in [6.07, 6.45) is 9.40. The first kappa shape index (κ1) is 21.3. The van der Waals surface area contributed by atoms with Gasteiger partial charge in [-0.2, -0.15) is 5.12 Å². The van der Waals surface area contributed by atoms with Crippen molar-refractivity contribution in [3.8, 4) is 0 Å². The second-order valence-corrected chi connectivity index (χ2v) is 11.8. The van der Waals surface area contributed by atoms with Crippen LogP contribution in [0.5, 0.6) is 0 Å².